The van der Waals surface area contributed by atoms with Gasteiger partial charge in [-0.2, -0.15) is 0 Å². The van der Waals surface area contributed by atoms with Crippen molar-refractivity contribution in [2.24, 2.45) is 0 Å². The van der Waals surface area contributed by atoms with Gasteiger partial charge in [0, 0.05) is 18.0 Å². The Balaban J connectivity index is 2.09. The minimum absolute atomic E-state index is 0.0756. The molecular weight excluding hydrogens is 344 g/mol. The maximum atomic E-state index is 12.4. The zero-order valence-corrected chi connectivity index (χ0v) is 15.2. The van der Waals surface area contributed by atoms with E-state index in [-0.39, 0.29) is 28.2 Å². The Morgan fingerprint density at radius 1 is 1.32 bits per heavy atom. The summed E-state index contributed by atoms with van der Waals surface area (Å²) in [7, 11) is -1.05. The summed E-state index contributed by atoms with van der Waals surface area (Å²) in [5.74, 6) is 0.687. The van der Waals surface area contributed by atoms with Gasteiger partial charge in [0.15, 0.2) is 0 Å². The highest BCUT2D eigenvalue weighted by molar-refractivity contribution is 7.89. The predicted octanol–water partition coefficient (Wildman–Crippen LogP) is 1.95. The Labute approximate surface area is 147 Å². The lowest BCUT2D eigenvalue weighted by atomic mass is 10.1. The van der Waals surface area contributed by atoms with Gasteiger partial charge in [-0.1, -0.05) is 0 Å². The lowest BCUT2D eigenvalue weighted by Gasteiger charge is -2.15. The average Bonchev–Trinajstić information content (AvgIpc) is 3.12. The molecular formula is C17H22N2O5S. The lowest BCUT2D eigenvalue weighted by Crippen LogP contribution is -2.33. The predicted molar refractivity (Wildman–Crippen MR) is 93.2 cm³/mol. The standard InChI is InChI=1S/C17H22N2O5S/c1-12(6-8-14-5-4-10-24-14)19-17(20)13-7-9-15(23-3)16(11-13)25(21,22)18-2/h4-5,7,9-12,18H,6,8H2,1-3H3,(H,19,20). The highest BCUT2D eigenvalue weighted by Crippen LogP contribution is 2.24. The van der Waals surface area contributed by atoms with Crippen molar-refractivity contribution in [2.45, 2.75) is 30.7 Å². The van der Waals surface area contributed by atoms with Gasteiger partial charge in [-0.15, -0.1) is 0 Å². The van der Waals surface area contributed by atoms with Crippen molar-refractivity contribution in [1.82, 2.24) is 10.0 Å². The van der Waals surface area contributed by atoms with Crippen LogP contribution < -0.4 is 14.8 Å². The van der Waals surface area contributed by atoms with Gasteiger partial charge >= 0.3 is 0 Å². The van der Waals surface area contributed by atoms with Crippen LogP contribution in [0, 0.1) is 0 Å². The molecule has 0 saturated carbocycles. The number of hydrogen-bond donors (Lipinski definition) is 2. The van der Waals surface area contributed by atoms with E-state index in [9.17, 15) is 13.2 Å². The Morgan fingerprint density at radius 2 is 2.08 bits per heavy atom. The van der Waals surface area contributed by atoms with E-state index in [1.165, 1.54) is 32.4 Å². The summed E-state index contributed by atoms with van der Waals surface area (Å²) >= 11 is 0. The Bertz CT molecular complexity index is 816. The van der Waals surface area contributed by atoms with Crippen molar-refractivity contribution < 1.29 is 22.4 Å². The van der Waals surface area contributed by atoms with Gasteiger partial charge in [-0.3, -0.25) is 4.79 Å². The maximum Gasteiger partial charge on any atom is 0.251 e. The molecule has 0 aliphatic carbocycles. The maximum absolute atomic E-state index is 12.4. The quantitative estimate of drug-likeness (QED) is 0.744. The van der Waals surface area contributed by atoms with Gasteiger partial charge in [0.05, 0.1) is 13.4 Å². The first kappa shape index (κ1) is 19.0. The first-order chi connectivity index (χ1) is 11.9. The first-order valence-electron chi connectivity index (χ1n) is 7.82. The molecule has 7 nitrogen and oxygen atoms in total. The number of ether oxygens (including phenoxy) is 1. The van der Waals surface area contributed by atoms with Crippen molar-refractivity contribution in [2.75, 3.05) is 14.2 Å². The summed E-state index contributed by atoms with van der Waals surface area (Å²) in [6, 6.07) is 7.91. The molecule has 1 heterocycles. The van der Waals surface area contributed by atoms with E-state index in [4.69, 9.17) is 9.15 Å². The van der Waals surface area contributed by atoms with Crippen LogP contribution in [0.3, 0.4) is 0 Å². The third kappa shape index (κ3) is 4.83. The van der Waals surface area contributed by atoms with Crippen LogP contribution in [-0.2, 0) is 16.4 Å². The Hall–Kier alpha value is -2.32. The van der Waals surface area contributed by atoms with Crippen LogP contribution >= 0.6 is 0 Å². The molecule has 2 rings (SSSR count). The fourth-order valence-corrected chi connectivity index (χ4v) is 3.25. The molecule has 1 amide bonds. The number of furan rings is 1. The lowest BCUT2D eigenvalue weighted by molar-refractivity contribution is 0.0938. The molecule has 136 valence electrons. The van der Waals surface area contributed by atoms with E-state index >= 15 is 0 Å². The molecule has 0 fully saturated rings. The van der Waals surface area contributed by atoms with Crippen LogP contribution in [-0.4, -0.2) is 34.5 Å². The van der Waals surface area contributed by atoms with Gasteiger partial charge in [0.25, 0.3) is 5.91 Å². The summed E-state index contributed by atoms with van der Waals surface area (Å²) in [6.45, 7) is 1.88. The number of rotatable bonds is 8. The van der Waals surface area contributed by atoms with E-state index in [1.54, 1.807) is 6.26 Å². The largest absolute Gasteiger partial charge is 0.495 e. The van der Waals surface area contributed by atoms with Crippen molar-refractivity contribution >= 4 is 15.9 Å². The minimum Gasteiger partial charge on any atom is -0.495 e. The molecule has 2 aromatic rings. The van der Waals surface area contributed by atoms with E-state index in [0.717, 1.165) is 5.76 Å². The van der Waals surface area contributed by atoms with Crippen LogP contribution in [0.25, 0.3) is 0 Å². The number of aryl methyl sites for hydroxylation is 1. The summed E-state index contributed by atoms with van der Waals surface area (Å²) in [5, 5.41) is 2.86. The molecule has 1 aromatic carbocycles. The van der Waals surface area contributed by atoms with Crippen molar-refractivity contribution in [1.29, 1.82) is 0 Å². The molecule has 1 unspecified atom stereocenters. The second-order valence-electron chi connectivity index (χ2n) is 5.57. The van der Waals surface area contributed by atoms with Gasteiger partial charge in [0.1, 0.15) is 16.4 Å². The molecule has 0 saturated heterocycles. The van der Waals surface area contributed by atoms with Crippen molar-refractivity contribution in [3.63, 3.8) is 0 Å². The molecule has 1 atom stereocenters. The smallest absolute Gasteiger partial charge is 0.251 e. The molecule has 2 N–H and O–H groups in total. The Morgan fingerprint density at radius 3 is 2.68 bits per heavy atom. The van der Waals surface area contributed by atoms with Crippen molar-refractivity contribution in [3.05, 3.63) is 47.9 Å². The van der Waals surface area contributed by atoms with Crippen molar-refractivity contribution in [3.8, 4) is 5.75 Å². The number of nitrogens with one attached hydrogen (secondary N) is 2. The number of amides is 1. The van der Waals surface area contributed by atoms with Crippen LogP contribution in [0.1, 0.15) is 29.5 Å². The summed E-state index contributed by atoms with van der Waals surface area (Å²) in [6.07, 6.45) is 3.02. The molecule has 0 bridgehead atoms. The summed E-state index contributed by atoms with van der Waals surface area (Å²) in [4.78, 5) is 12.3. The third-order valence-electron chi connectivity index (χ3n) is 3.77. The van der Waals surface area contributed by atoms with E-state index < -0.39 is 10.0 Å². The number of sulfonamides is 1. The highest BCUT2D eigenvalue weighted by atomic mass is 32.2. The fraction of sp³-hybridized carbons (Fsp3) is 0.353. The molecule has 8 heteroatoms. The molecule has 0 aliphatic rings. The second-order valence-corrected chi connectivity index (χ2v) is 7.42. The van der Waals surface area contributed by atoms with E-state index in [1.807, 2.05) is 19.1 Å². The molecule has 0 spiro atoms. The number of hydrogen-bond acceptors (Lipinski definition) is 5. The minimum atomic E-state index is -3.73. The number of methoxy groups -OCH3 is 1. The Kier molecular flexibility index (Phi) is 6.22. The van der Waals surface area contributed by atoms with Gasteiger partial charge in [-0.25, -0.2) is 13.1 Å². The van der Waals surface area contributed by atoms with Crippen LogP contribution in [0.2, 0.25) is 0 Å². The molecule has 1 aromatic heterocycles. The fourth-order valence-electron chi connectivity index (χ4n) is 2.33. The average molecular weight is 366 g/mol. The first-order valence-corrected chi connectivity index (χ1v) is 9.30. The van der Waals surface area contributed by atoms with Crippen LogP contribution in [0.15, 0.2) is 45.9 Å². The van der Waals surface area contributed by atoms with E-state index in [2.05, 4.69) is 10.0 Å². The number of benzene rings is 1. The molecule has 25 heavy (non-hydrogen) atoms. The number of carbonyl (C=O) groups is 1. The summed E-state index contributed by atoms with van der Waals surface area (Å²) in [5.41, 5.74) is 0.250. The zero-order valence-electron chi connectivity index (χ0n) is 14.4. The topological polar surface area (TPSA) is 97.6 Å². The highest BCUT2D eigenvalue weighted by Gasteiger charge is 2.20. The van der Waals surface area contributed by atoms with Gasteiger partial charge in [-0.05, 0) is 50.7 Å². The third-order valence-corrected chi connectivity index (χ3v) is 5.20. The van der Waals surface area contributed by atoms with Crippen LogP contribution in [0.4, 0.5) is 0 Å². The SMILES string of the molecule is CNS(=O)(=O)c1cc(C(=O)NC(C)CCc2ccco2)ccc1OC. The normalized spacial score (nSPS) is 12.6. The molecule has 0 aliphatic heterocycles. The van der Waals surface area contributed by atoms with E-state index in [0.29, 0.717) is 12.8 Å². The summed E-state index contributed by atoms with van der Waals surface area (Å²) < 4.78 is 36.7. The number of carbonyl (C=O) groups excluding carboxylic acids is 1. The second kappa shape index (κ2) is 8.17. The van der Waals surface area contributed by atoms with Crippen LogP contribution in [0.5, 0.6) is 5.75 Å². The monoisotopic (exact) mass is 366 g/mol. The van der Waals surface area contributed by atoms with Gasteiger partial charge in [0.2, 0.25) is 10.0 Å². The molecule has 0 radical (unpaired) electrons. The van der Waals surface area contributed by atoms with Gasteiger partial charge < -0.3 is 14.5 Å². The zero-order chi connectivity index (χ0) is 18.4.